The Bertz CT molecular complexity index is 1040. The molecule has 2 saturated heterocycles. The minimum Gasteiger partial charge on any atom is -0.394 e. The van der Waals surface area contributed by atoms with Crippen LogP contribution in [0.25, 0.3) is 0 Å². The number of likely N-dealkylation sites (tertiary alicyclic amines) is 1. The van der Waals surface area contributed by atoms with Gasteiger partial charge in [0.05, 0.1) is 29.2 Å². The van der Waals surface area contributed by atoms with Gasteiger partial charge >= 0.3 is 0 Å². The maximum absolute atomic E-state index is 14.2. The first-order valence-electron chi connectivity index (χ1n) is 12.0. The minimum atomic E-state index is -0.838. The number of aliphatic hydroxyl groups excluding tert-OH is 1. The molecular weight excluding hydrogens is 450 g/mol. The number of thioether (sulfide) groups is 1. The molecule has 0 radical (unpaired) electrons. The van der Waals surface area contributed by atoms with Gasteiger partial charge in [0.1, 0.15) is 6.04 Å². The minimum absolute atomic E-state index is 0.0541. The van der Waals surface area contributed by atoms with Crippen LogP contribution >= 0.6 is 11.8 Å². The smallest absolute Gasteiger partial charge is 0.247 e. The zero-order chi connectivity index (χ0) is 24.0. The SMILES string of the molecule is CC[C@@H](CO)N1C(=O)[C@@H]2[C@@H]3C(=O)N(C)CC=C[C@@H]3S[C@@]23C=CCN(Cc2ccccc2)C(=O)C13. The molecule has 3 amide bonds. The monoisotopic (exact) mass is 481 g/mol. The highest BCUT2D eigenvalue weighted by Gasteiger charge is 2.71. The van der Waals surface area contributed by atoms with Crippen LogP contribution in [0.4, 0.5) is 0 Å². The number of benzene rings is 1. The summed E-state index contributed by atoms with van der Waals surface area (Å²) in [5.41, 5.74) is 1.02. The predicted molar refractivity (Wildman–Crippen MR) is 131 cm³/mol. The van der Waals surface area contributed by atoms with E-state index in [1.165, 1.54) is 0 Å². The number of amides is 3. The van der Waals surface area contributed by atoms with Gasteiger partial charge in [0.2, 0.25) is 17.7 Å². The molecule has 1 N–H and O–H groups in total. The highest BCUT2D eigenvalue weighted by molar-refractivity contribution is 8.02. The van der Waals surface area contributed by atoms with Crippen molar-refractivity contribution >= 4 is 29.5 Å². The van der Waals surface area contributed by atoms with E-state index in [1.54, 1.807) is 33.5 Å². The van der Waals surface area contributed by atoms with Crippen molar-refractivity contribution < 1.29 is 19.5 Å². The molecule has 1 unspecified atom stereocenters. The first-order valence-corrected chi connectivity index (χ1v) is 12.8. The van der Waals surface area contributed by atoms with Gasteiger partial charge in [-0.1, -0.05) is 61.6 Å². The fraction of sp³-hybridized carbons (Fsp3) is 0.500. The molecule has 6 atom stereocenters. The lowest BCUT2D eigenvalue weighted by Crippen LogP contribution is -2.56. The zero-order valence-corrected chi connectivity index (χ0v) is 20.4. The molecule has 5 rings (SSSR count). The predicted octanol–water partition coefficient (Wildman–Crippen LogP) is 1.68. The topological polar surface area (TPSA) is 81.2 Å². The Morgan fingerprint density at radius 2 is 1.85 bits per heavy atom. The number of rotatable bonds is 5. The summed E-state index contributed by atoms with van der Waals surface area (Å²) in [5.74, 6) is -1.53. The molecule has 4 heterocycles. The van der Waals surface area contributed by atoms with E-state index in [9.17, 15) is 19.5 Å². The molecule has 8 heteroatoms. The maximum Gasteiger partial charge on any atom is 0.247 e. The fourth-order valence-corrected chi connectivity index (χ4v) is 8.00. The summed E-state index contributed by atoms with van der Waals surface area (Å²) in [4.78, 5) is 46.7. The Kier molecular flexibility index (Phi) is 6.06. The molecule has 1 aromatic rings. The van der Waals surface area contributed by atoms with E-state index in [1.807, 2.05) is 61.6 Å². The lowest BCUT2D eigenvalue weighted by atomic mass is 9.78. The van der Waals surface area contributed by atoms with Crippen LogP contribution in [0.15, 0.2) is 54.6 Å². The Morgan fingerprint density at radius 3 is 2.56 bits per heavy atom. The standard InChI is InChI=1S/C26H31N3O4S/c1-3-18(16-30)29-22-25(33)28(15-17-9-5-4-6-10-17)14-8-12-26(22)21(24(29)32)20-19(34-26)11-7-13-27(2)23(20)31/h4-12,18-22,30H,3,13-16H2,1-2H3/t18-,19-,20+,21-,22?,26-/m0/s1. The molecule has 4 aliphatic rings. The van der Waals surface area contributed by atoms with Crippen LogP contribution in [0.5, 0.6) is 0 Å². The van der Waals surface area contributed by atoms with Crippen molar-refractivity contribution in [3.05, 3.63) is 60.2 Å². The van der Waals surface area contributed by atoms with E-state index in [4.69, 9.17) is 0 Å². The number of likely N-dealkylation sites (N-methyl/N-ethyl adjacent to an activating group) is 1. The van der Waals surface area contributed by atoms with Crippen LogP contribution in [0, 0.1) is 11.8 Å². The van der Waals surface area contributed by atoms with Crippen molar-refractivity contribution in [3.8, 4) is 0 Å². The van der Waals surface area contributed by atoms with Gasteiger partial charge in [0.25, 0.3) is 0 Å². The summed E-state index contributed by atoms with van der Waals surface area (Å²) < 4.78 is -0.838. The summed E-state index contributed by atoms with van der Waals surface area (Å²) in [7, 11) is 1.76. The van der Waals surface area contributed by atoms with E-state index in [0.717, 1.165) is 5.56 Å². The first kappa shape index (κ1) is 23.2. The number of hydrogen-bond donors (Lipinski definition) is 1. The maximum atomic E-state index is 14.2. The van der Waals surface area contributed by atoms with Gasteiger partial charge in [0.15, 0.2) is 0 Å². The highest BCUT2D eigenvalue weighted by Crippen LogP contribution is 2.61. The third kappa shape index (κ3) is 3.41. The number of fused-ring (bicyclic) bond motifs is 2. The Morgan fingerprint density at radius 1 is 1.09 bits per heavy atom. The third-order valence-corrected chi connectivity index (χ3v) is 9.42. The lowest BCUT2D eigenvalue weighted by Gasteiger charge is -2.38. The molecule has 4 aliphatic heterocycles. The molecule has 1 spiro atoms. The van der Waals surface area contributed by atoms with Crippen LogP contribution in [0.1, 0.15) is 18.9 Å². The van der Waals surface area contributed by atoms with Gasteiger partial charge in [-0.25, -0.2) is 0 Å². The van der Waals surface area contributed by atoms with Crippen molar-refractivity contribution in [3.63, 3.8) is 0 Å². The van der Waals surface area contributed by atoms with E-state index < -0.39 is 28.7 Å². The van der Waals surface area contributed by atoms with Crippen molar-refractivity contribution in [2.75, 3.05) is 26.7 Å². The first-order chi connectivity index (χ1) is 16.4. The quantitative estimate of drug-likeness (QED) is 0.648. The van der Waals surface area contributed by atoms with Crippen molar-refractivity contribution in [2.24, 2.45) is 11.8 Å². The third-order valence-electron chi connectivity index (χ3n) is 7.67. The second kappa shape index (κ2) is 8.89. The second-order valence-corrected chi connectivity index (χ2v) is 11.1. The molecule has 2 fully saturated rings. The van der Waals surface area contributed by atoms with Crippen LogP contribution in [0.3, 0.4) is 0 Å². The summed E-state index contributed by atoms with van der Waals surface area (Å²) in [6.45, 7) is 3.09. The van der Waals surface area contributed by atoms with Gasteiger partial charge in [-0.05, 0) is 12.0 Å². The Hall–Kier alpha value is -2.58. The van der Waals surface area contributed by atoms with Gasteiger partial charge in [-0.3, -0.25) is 14.4 Å². The van der Waals surface area contributed by atoms with E-state index in [0.29, 0.717) is 26.1 Å². The fourth-order valence-electron chi connectivity index (χ4n) is 6.00. The number of carbonyl (C=O) groups is 3. The van der Waals surface area contributed by atoms with Gasteiger partial charge < -0.3 is 19.8 Å². The molecule has 34 heavy (non-hydrogen) atoms. The van der Waals surface area contributed by atoms with Crippen molar-refractivity contribution in [2.45, 2.75) is 42.0 Å². The zero-order valence-electron chi connectivity index (χ0n) is 19.5. The molecule has 0 bridgehead atoms. The summed E-state index contributed by atoms with van der Waals surface area (Å²) >= 11 is 1.57. The van der Waals surface area contributed by atoms with Gasteiger partial charge in [-0.15, -0.1) is 11.8 Å². The molecular formula is C26H31N3O4S. The number of hydrogen-bond acceptors (Lipinski definition) is 5. The molecule has 7 nitrogen and oxygen atoms in total. The van der Waals surface area contributed by atoms with E-state index in [-0.39, 0.29) is 29.6 Å². The summed E-state index contributed by atoms with van der Waals surface area (Å²) in [6.07, 6.45) is 8.56. The normalized spacial score (nSPS) is 33.5. The summed E-state index contributed by atoms with van der Waals surface area (Å²) in [6, 6.07) is 8.59. The van der Waals surface area contributed by atoms with Crippen LogP contribution in [-0.2, 0) is 20.9 Å². The van der Waals surface area contributed by atoms with Crippen molar-refractivity contribution in [1.29, 1.82) is 0 Å². The van der Waals surface area contributed by atoms with Gasteiger partial charge in [-0.2, -0.15) is 0 Å². The van der Waals surface area contributed by atoms with Crippen LogP contribution < -0.4 is 0 Å². The van der Waals surface area contributed by atoms with E-state index in [2.05, 4.69) is 0 Å². The summed E-state index contributed by atoms with van der Waals surface area (Å²) in [5, 5.41) is 9.99. The molecule has 0 aliphatic carbocycles. The number of carbonyl (C=O) groups excluding carboxylic acids is 3. The average Bonchev–Trinajstić information content (AvgIpc) is 3.17. The van der Waals surface area contributed by atoms with E-state index >= 15 is 0 Å². The van der Waals surface area contributed by atoms with Crippen molar-refractivity contribution in [1.82, 2.24) is 14.7 Å². The van der Waals surface area contributed by atoms with Gasteiger partial charge in [0, 0.05) is 31.9 Å². The van der Waals surface area contributed by atoms with Crippen LogP contribution in [-0.4, -0.2) is 86.4 Å². The van der Waals surface area contributed by atoms with Crippen LogP contribution in [0.2, 0.25) is 0 Å². The number of nitrogens with zero attached hydrogens (tertiary/aromatic N) is 3. The largest absolute Gasteiger partial charge is 0.394 e. The Balaban J connectivity index is 1.60. The average molecular weight is 482 g/mol. The highest BCUT2D eigenvalue weighted by atomic mass is 32.2. The lowest BCUT2D eigenvalue weighted by molar-refractivity contribution is -0.146. The number of aliphatic hydroxyl groups is 1. The molecule has 0 saturated carbocycles. The molecule has 180 valence electrons. The molecule has 1 aromatic carbocycles. The molecule has 0 aromatic heterocycles. The Labute approximate surface area is 204 Å². The second-order valence-electron chi connectivity index (χ2n) is 9.59.